The topological polar surface area (TPSA) is 15.3 Å². The SMILES string of the molecule is CCCNC(CN(C)C)C1CC1c1ccccc1. The Balaban J connectivity index is 1.93. The predicted molar refractivity (Wildman–Crippen MR) is 77.9 cm³/mol. The molecule has 1 fully saturated rings. The van der Waals surface area contributed by atoms with Crippen LogP contribution in [0.25, 0.3) is 0 Å². The molecule has 0 aliphatic heterocycles. The fourth-order valence-electron chi connectivity index (χ4n) is 2.82. The van der Waals surface area contributed by atoms with Crippen LogP contribution in [-0.2, 0) is 0 Å². The van der Waals surface area contributed by atoms with E-state index in [-0.39, 0.29) is 0 Å². The third kappa shape index (κ3) is 3.56. The van der Waals surface area contributed by atoms with E-state index in [9.17, 15) is 0 Å². The van der Waals surface area contributed by atoms with Crippen LogP contribution in [0.3, 0.4) is 0 Å². The number of likely N-dealkylation sites (N-methyl/N-ethyl adjacent to an activating group) is 1. The highest BCUT2D eigenvalue weighted by Crippen LogP contribution is 2.49. The fourth-order valence-corrected chi connectivity index (χ4v) is 2.82. The molecule has 0 heterocycles. The molecular formula is C16H26N2. The molecule has 1 aliphatic carbocycles. The number of rotatable bonds is 7. The Morgan fingerprint density at radius 1 is 1.28 bits per heavy atom. The Hall–Kier alpha value is -0.860. The largest absolute Gasteiger partial charge is 0.312 e. The fraction of sp³-hybridized carbons (Fsp3) is 0.625. The second-order valence-electron chi connectivity index (χ2n) is 5.74. The second-order valence-corrected chi connectivity index (χ2v) is 5.74. The summed E-state index contributed by atoms with van der Waals surface area (Å²) in [4.78, 5) is 2.30. The monoisotopic (exact) mass is 246 g/mol. The first-order valence-electron chi connectivity index (χ1n) is 7.15. The van der Waals surface area contributed by atoms with E-state index < -0.39 is 0 Å². The van der Waals surface area contributed by atoms with Crippen LogP contribution in [0, 0.1) is 5.92 Å². The van der Waals surface area contributed by atoms with Gasteiger partial charge in [0.05, 0.1) is 0 Å². The molecule has 0 radical (unpaired) electrons. The lowest BCUT2D eigenvalue weighted by Crippen LogP contribution is -2.40. The van der Waals surface area contributed by atoms with Crippen LogP contribution in [0.15, 0.2) is 30.3 Å². The molecule has 1 aromatic rings. The number of hydrogen-bond acceptors (Lipinski definition) is 2. The van der Waals surface area contributed by atoms with E-state index >= 15 is 0 Å². The minimum Gasteiger partial charge on any atom is -0.312 e. The van der Waals surface area contributed by atoms with Gasteiger partial charge in [0.25, 0.3) is 0 Å². The van der Waals surface area contributed by atoms with Gasteiger partial charge in [-0.25, -0.2) is 0 Å². The molecule has 0 spiro atoms. The van der Waals surface area contributed by atoms with E-state index in [2.05, 4.69) is 61.6 Å². The van der Waals surface area contributed by atoms with Crippen molar-refractivity contribution in [3.63, 3.8) is 0 Å². The lowest BCUT2D eigenvalue weighted by atomic mass is 10.0. The maximum absolute atomic E-state index is 3.72. The van der Waals surface area contributed by atoms with Gasteiger partial charge in [0.1, 0.15) is 0 Å². The summed E-state index contributed by atoms with van der Waals surface area (Å²) >= 11 is 0. The lowest BCUT2D eigenvalue weighted by molar-refractivity contribution is 0.314. The molecule has 1 aromatic carbocycles. The summed E-state index contributed by atoms with van der Waals surface area (Å²) in [5.74, 6) is 1.60. The normalized spacial score (nSPS) is 24.2. The van der Waals surface area contributed by atoms with Crippen LogP contribution in [0.4, 0.5) is 0 Å². The van der Waals surface area contributed by atoms with Crippen molar-refractivity contribution < 1.29 is 0 Å². The van der Waals surface area contributed by atoms with Gasteiger partial charge in [-0.15, -0.1) is 0 Å². The Labute approximate surface area is 111 Å². The average molecular weight is 246 g/mol. The quantitative estimate of drug-likeness (QED) is 0.796. The number of nitrogens with one attached hydrogen (secondary N) is 1. The average Bonchev–Trinajstić information content (AvgIpc) is 3.15. The highest BCUT2D eigenvalue weighted by molar-refractivity contribution is 5.26. The molecule has 100 valence electrons. The summed E-state index contributed by atoms with van der Waals surface area (Å²) in [6, 6.07) is 11.6. The molecule has 3 atom stereocenters. The third-order valence-corrected chi connectivity index (χ3v) is 3.80. The van der Waals surface area contributed by atoms with Crippen LogP contribution < -0.4 is 5.32 Å². The zero-order chi connectivity index (χ0) is 13.0. The van der Waals surface area contributed by atoms with Gasteiger partial charge < -0.3 is 10.2 Å². The van der Waals surface area contributed by atoms with Crippen molar-refractivity contribution in [3.05, 3.63) is 35.9 Å². The number of benzene rings is 1. The molecule has 1 saturated carbocycles. The Morgan fingerprint density at radius 3 is 2.61 bits per heavy atom. The Bertz CT molecular complexity index is 347. The first-order valence-corrected chi connectivity index (χ1v) is 7.15. The summed E-state index contributed by atoms with van der Waals surface area (Å²) in [6.45, 7) is 4.52. The summed E-state index contributed by atoms with van der Waals surface area (Å²) in [5.41, 5.74) is 1.52. The molecule has 2 nitrogen and oxygen atoms in total. The molecule has 1 aliphatic rings. The van der Waals surface area contributed by atoms with Crippen molar-refractivity contribution in [2.75, 3.05) is 27.2 Å². The van der Waals surface area contributed by atoms with Crippen molar-refractivity contribution in [2.45, 2.75) is 31.7 Å². The molecule has 0 saturated heterocycles. The van der Waals surface area contributed by atoms with Crippen molar-refractivity contribution >= 4 is 0 Å². The Kier molecular flexibility index (Phi) is 4.79. The number of nitrogens with zero attached hydrogens (tertiary/aromatic N) is 1. The summed E-state index contributed by atoms with van der Waals surface area (Å²) in [7, 11) is 4.33. The molecule has 1 N–H and O–H groups in total. The molecule has 0 bridgehead atoms. The third-order valence-electron chi connectivity index (χ3n) is 3.80. The van der Waals surface area contributed by atoms with Crippen LogP contribution in [0.5, 0.6) is 0 Å². The van der Waals surface area contributed by atoms with E-state index in [1.807, 2.05) is 0 Å². The summed E-state index contributed by atoms with van der Waals surface area (Å²) in [5, 5.41) is 3.72. The smallest absolute Gasteiger partial charge is 0.0229 e. The van der Waals surface area contributed by atoms with E-state index in [0.29, 0.717) is 6.04 Å². The molecular weight excluding hydrogens is 220 g/mol. The van der Waals surface area contributed by atoms with Crippen molar-refractivity contribution in [1.82, 2.24) is 10.2 Å². The highest BCUT2D eigenvalue weighted by atomic mass is 15.1. The van der Waals surface area contributed by atoms with Gasteiger partial charge in [0.2, 0.25) is 0 Å². The van der Waals surface area contributed by atoms with E-state index in [1.165, 1.54) is 18.4 Å². The second kappa shape index (κ2) is 6.35. The van der Waals surface area contributed by atoms with Crippen LogP contribution in [0.1, 0.15) is 31.2 Å². The van der Waals surface area contributed by atoms with Crippen LogP contribution >= 0.6 is 0 Å². The molecule has 0 aromatic heterocycles. The number of hydrogen-bond donors (Lipinski definition) is 1. The van der Waals surface area contributed by atoms with Gasteiger partial charge >= 0.3 is 0 Å². The molecule has 3 unspecified atom stereocenters. The van der Waals surface area contributed by atoms with E-state index in [1.54, 1.807) is 0 Å². The first kappa shape index (κ1) is 13.6. The maximum atomic E-state index is 3.72. The van der Waals surface area contributed by atoms with Crippen LogP contribution in [-0.4, -0.2) is 38.1 Å². The van der Waals surface area contributed by atoms with Crippen molar-refractivity contribution in [1.29, 1.82) is 0 Å². The van der Waals surface area contributed by atoms with Gasteiger partial charge in [-0.1, -0.05) is 37.3 Å². The van der Waals surface area contributed by atoms with E-state index in [0.717, 1.165) is 24.9 Å². The minimum atomic E-state index is 0.644. The molecule has 2 rings (SSSR count). The maximum Gasteiger partial charge on any atom is 0.0229 e. The lowest BCUT2D eigenvalue weighted by Gasteiger charge is -2.22. The first-order chi connectivity index (χ1) is 8.72. The predicted octanol–water partition coefficient (Wildman–Crippen LogP) is 2.72. The molecule has 18 heavy (non-hydrogen) atoms. The minimum absolute atomic E-state index is 0.644. The van der Waals surface area contributed by atoms with Gasteiger partial charge in [-0.2, -0.15) is 0 Å². The van der Waals surface area contributed by atoms with Gasteiger partial charge in [0, 0.05) is 12.6 Å². The van der Waals surface area contributed by atoms with Gasteiger partial charge in [-0.05, 0) is 50.9 Å². The zero-order valence-electron chi connectivity index (χ0n) is 11.9. The van der Waals surface area contributed by atoms with Crippen molar-refractivity contribution in [3.8, 4) is 0 Å². The van der Waals surface area contributed by atoms with Crippen LogP contribution in [0.2, 0.25) is 0 Å². The summed E-state index contributed by atoms with van der Waals surface area (Å²) < 4.78 is 0. The molecule has 0 amide bonds. The standard InChI is InChI=1S/C16H26N2/c1-4-10-17-16(12-18(2)3)15-11-14(15)13-8-6-5-7-9-13/h5-9,14-17H,4,10-12H2,1-3H3. The van der Waals surface area contributed by atoms with Gasteiger partial charge in [0.15, 0.2) is 0 Å². The summed E-state index contributed by atoms with van der Waals surface area (Å²) in [6.07, 6.45) is 2.56. The Morgan fingerprint density at radius 2 is 2.00 bits per heavy atom. The highest BCUT2D eigenvalue weighted by Gasteiger charge is 2.43. The van der Waals surface area contributed by atoms with E-state index in [4.69, 9.17) is 0 Å². The van der Waals surface area contributed by atoms with Crippen molar-refractivity contribution in [2.24, 2.45) is 5.92 Å². The molecule has 2 heteroatoms. The van der Waals surface area contributed by atoms with Gasteiger partial charge in [-0.3, -0.25) is 0 Å². The zero-order valence-corrected chi connectivity index (χ0v) is 11.9.